The Hall–Kier alpha value is -2.80. The number of imidazole rings is 1. The molecule has 0 bridgehead atoms. The average molecular weight is 396 g/mol. The van der Waals surface area contributed by atoms with Crippen LogP contribution >= 0.6 is 0 Å². The molecule has 3 heterocycles. The van der Waals surface area contributed by atoms with E-state index in [1.165, 1.54) is 0 Å². The van der Waals surface area contributed by atoms with Gasteiger partial charge in [-0.1, -0.05) is 19.9 Å². The van der Waals surface area contributed by atoms with Crippen LogP contribution in [-0.4, -0.2) is 64.8 Å². The first-order valence-electron chi connectivity index (χ1n) is 10.2. The van der Waals surface area contributed by atoms with E-state index < -0.39 is 0 Å². The van der Waals surface area contributed by atoms with Crippen molar-refractivity contribution in [3.05, 3.63) is 48.1 Å². The second kappa shape index (κ2) is 8.69. The van der Waals surface area contributed by atoms with Gasteiger partial charge in [0.15, 0.2) is 11.5 Å². The number of carbonyl (C=O) groups excluding carboxylic acids is 1. The maximum absolute atomic E-state index is 12.5. The molecule has 0 aliphatic carbocycles. The number of rotatable bonds is 6. The molecule has 1 aromatic heterocycles. The molecule has 0 radical (unpaired) electrons. The van der Waals surface area contributed by atoms with Crippen molar-refractivity contribution in [2.45, 2.75) is 26.3 Å². The van der Waals surface area contributed by atoms with Gasteiger partial charge in [0.2, 0.25) is 12.7 Å². The summed E-state index contributed by atoms with van der Waals surface area (Å²) in [5, 5.41) is 0. The Bertz CT molecular complexity index is 882. The molecule has 0 atom stereocenters. The van der Waals surface area contributed by atoms with Crippen LogP contribution in [-0.2, 0) is 11.3 Å². The quantitative estimate of drug-likeness (QED) is 0.703. The maximum atomic E-state index is 12.5. The predicted octanol–water partition coefficient (Wildman–Crippen LogP) is 2.59. The van der Waals surface area contributed by atoms with E-state index in [0.29, 0.717) is 5.92 Å². The zero-order chi connectivity index (χ0) is 20.2. The van der Waals surface area contributed by atoms with E-state index in [0.717, 1.165) is 62.2 Å². The van der Waals surface area contributed by atoms with Crippen molar-refractivity contribution in [1.82, 2.24) is 19.4 Å². The van der Waals surface area contributed by atoms with E-state index in [1.54, 1.807) is 6.08 Å². The minimum absolute atomic E-state index is 0.0546. The van der Waals surface area contributed by atoms with Crippen LogP contribution in [0.15, 0.2) is 36.7 Å². The number of nitrogens with zero attached hydrogens (tertiary/aromatic N) is 4. The SMILES string of the molecule is CC(C)c1nccn1CCN1CCN(C(=O)/C=C/c2ccc3c(c2)OCO3)CC1. The zero-order valence-electron chi connectivity index (χ0n) is 17.1. The first kappa shape index (κ1) is 19.5. The molecular formula is C22H28N4O3. The Labute approximate surface area is 171 Å². The van der Waals surface area contributed by atoms with Crippen molar-refractivity contribution >= 4 is 12.0 Å². The van der Waals surface area contributed by atoms with Crippen molar-refractivity contribution in [3.63, 3.8) is 0 Å². The van der Waals surface area contributed by atoms with Crippen LogP contribution in [0, 0.1) is 0 Å². The molecule has 0 spiro atoms. The number of benzene rings is 1. The fraction of sp³-hybridized carbons (Fsp3) is 0.455. The largest absolute Gasteiger partial charge is 0.454 e. The van der Waals surface area contributed by atoms with Gasteiger partial charge in [-0.25, -0.2) is 4.98 Å². The molecule has 0 saturated carbocycles. The maximum Gasteiger partial charge on any atom is 0.246 e. The molecule has 0 N–H and O–H groups in total. The second-order valence-electron chi connectivity index (χ2n) is 7.75. The van der Waals surface area contributed by atoms with Crippen LogP contribution in [0.25, 0.3) is 6.08 Å². The first-order valence-corrected chi connectivity index (χ1v) is 10.2. The molecule has 1 fully saturated rings. The van der Waals surface area contributed by atoms with E-state index >= 15 is 0 Å². The summed E-state index contributed by atoms with van der Waals surface area (Å²) in [6.45, 7) is 9.81. The Morgan fingerprint density at radius 3 is 2.72 bits per heavy atom. The Balaban J connectivity index is 1.25. The molecule has 1 amide bonds. The van der Waals surface area contributed by atoms with Crippen molar-refractivity contribution in [3.8, 4) is 11.5 Å². The lowest BCUT2D eigenvalue weighted by atomic mass is 10.2. The number of carbonyl (C=O) groups is 1. The van der Waals surface area contributed by atoms with Crippen molar-refractivity contribution in [2.24, 2.45) is 0 Å². The smallest absolute Gasteiger partial charge is 0.246 e. The van der Waals surface area contributed by atoms with Crippen LogP contribution in [0.2, 0.25) is 0 Å². The molecule has 2 aromatic rings. The summed E-state index contributed by atoms with van der Waals surface area (Å²) in [7, 11) is 0. The monoisotopic (exact) mass is 396 g/mol. The lowest BCUT2D eigenvalue weighted by Crippen LogP contribution is -2.48. The van der Waals surface area contributed by atoms with Gasteiger partial charge in [-0.05, 0) is 23.8 Å². The fourth-order valence-corrected chi connectivity index (χ4v) is 3.74. The van der Waals surface area contributed by atoms with Gasteiger partial charge in [0.05, 0.1) is 0 Å². The minimum Gasteiger partial charge on any atom is -0.454 e. The summed E-state index contributed by atoms with van der Waals surface area (Å²) in [5.41, 5.74) is 0.933. The zero-order valence-corrected chi connectivity index (χ0v) is 17.1. The highest BCUT2D eigenvalue weighted by molar-refractivity contribution is 5.92. The van der Waals surface area contributed by atoms with Crippen LogP contribution in [0.1, 0.15) is 31.2 Å². The molecule has 0 unspecified atom stereocenters. The van der Waals surface area contributed by atoms with Crippen molar-refractivity contribution < 1.29 is 14.3 Å². The molecular weight excluding hydrogens is 368 g/mol. The Morgan fingerprint density at radius 1 is 1.14 bits per heavy atom. The van der Waals surface area contributed by atoms with Gasteiger partial charge >= 0.3 is 0 Å². The lowest BCUT2D eigenvalue weighted by Gasteiger charge is -2.34. The third-order valence-corrected chi connectivity index (χ3v) is 5.42. The highest BCUT2D eigenvalue weighted by Gasteiger charge is 2.20. The van der Waals surface area contributed by atoms with E-state index in [4.69, 9.17) is 9.47 Å². The molecule has 7 heteroatoms. The van der Waals surface area contributed by atoms with Gasteiger partial charge in [0.1, 0.15) is 5.82 Å². The normalized spacial score (nSPS) is 16.9. The number of hydrogen-bond donors (Lipinski definition) is 0. The lowest BCUT2D eigenvalue weighted by molar-refractivity contribution is -0.127. The summed E-state index contributed by atoms with van der Waals surface area (Å²) in [5.74, 6) is 3.09. The van der Waals surface area contributed by atoms with Gasteiger partial charge in [-0.3, -0.25) is 9.69 Å². The Morgan fingerprint density at radius 2 is 1.93 bits per heavy atom. The van der Waals surface area contributed by atoms with E-state index in [1.807, 2.05) is 35.4 Å². The summed E-state index contributed by atoms with van der Waals surface area (Å²) in [4.78, 5) is 21.3. The van der Waals surface area contributed by atoms with Crippen molar-refractivity contribution in [2.75, 3.05) is 39.5 Å². The summed E-state index contributed by atoms with van der Waals surface area (Å²) in [6.07, 6.45) is 7.41. The molecule has 4 rings (SSSR count). The molecule has 2 aliphatic rings. The van der Waals surface area contributed by atoms with Gasteiger partial charge < -0.3 is 18.9 Å². The second-order valence-corrected chi connectivity index (χ2v) is 7.75. The number of ether oxygens (including phenoxy) is 2. The molecule has 7 nitrogen and oxygen atoms in total. The highest BCUT2D eigenvalue weighted by atomic mass is 16.7. The van der Waals surface area contributed by atoms with E-state index in [-0.39, 0.29) is 12.7 Å². The summed E-state index contributed by atoms with van der Waals surface area (Å²) < 4.78 is 12.9. The number of aromatic nitrogens is 2. The Kier molecular flexibility index (Phi) is 5.85. The molecule has 2 aliphatic heterocycles. The first-order chi connectivity index (χ1) is 14.1. The average Bonchev–Trinajstić information content (AvgIpc) is 3.39. The number of piperazine rings is 1. The van der Waals surface area contributed by atoms with Gasteiger partial charge in [0.25, 0.3) is 0 Å². The van der Waals surface area contributed by atoms with Crippen LogP contribution in [0.5, 0.6) is 11.5 Å². The molecule has 1 saturated heterocycles. The number of hydrogen-bond acceptors (Lipinski definition) is 5. The van der Waals surface area contributed by atoms with Crippen LogP contribution < -0.4 is 9.47 Å². The van der Waals surface area contributed by atoms with Gasteiger partial charge in [0, 0.05) is 63.7 Å². The third kappa shape index (κ3) is 4.62. The number of fused-ring (bicyclic) bond motifs is 1. The highest BCUT2D eigenvalue weighted by Crippen LogP contribution is 2.32. The fourth-order valence-electron chi connectivity index (χ4n) is 3.74. The van der Waals surface area contributed by atoms with Crippen LogP contribution in [0.4, 0.5) is 0 Å². The minimum atomic E-state index is 0.0546. The van der Waals surface area contributed by atoms with E-state index in [2.05, 4.69) is 34.5 Å². The third-order valence-electron chi connectivity index (χ3n) is 5.42. The molecule has 29 heavy (non-hydrogen) atoms. The molecule has 1 aromatic carbocycles. The van der Waals surface area contributed by atoms with E-state index in [9.17, 15) is 4.79 Å². The van der Waals surface area contributed by atoms with Crippen LogP contribution in [0.3, 0.4) is 0 Å². The van der Waals surface area contributed by atoms with Gasteiger partial charge in [-0.15, -0.1) is 0 Å². The number of amides is 1. The molecule has 154 valence electrons. The van der Waals surface area contributed by atoms with Gasteiger partial charge in [-0.2, -0.15) is 0 Å². The summed E-state index contributed by atoms with van der Waals surface area (Å²) >= 11 is 0. The van der Waals surface area contributed by atoms with Crippen molar-refractivity contribution in [1.29, 1.82) is 0 Å². The predicted molar refractivity (Wildman–Crippen MR) is 111 cm³/mol. The standard InChI is InChI=1S/C22H28N4O3/c1-17(2)22-23-7-8-26(22)14-11-24-9-12-25(13-10-24)21(27)6-4-18-3-5-19-20(15-18)29-16-28-19/h3-8,15,17H,9-14,16H2,1-2H3/b6-4+. The topological polar surface area (TPSA) is 59.8 Å². The summed E-state index contributed by atoms with van der Waals surface area (Å²) in [6, 6.07) is 5.69.